The molecule has 0 aromatic carbocycles. The molecule has 0 aliphatic rings. The summed E-state index contributed by atoms with van der Waals surface area (Å²) in [5, 5.41) is 2.93. The van der Waals surface area contributed by atoms with Crippen molar-refractivity contribution in [3.63, 3.8) is 0 Å². The molecule has 0 aliphatic carbocycles. The second-order valence-corrected chi connectivity index (χ2v) is 3.71. The molecule has 0 spiro atoms. The van der Waals surface area contributed by atoms with Gasteiger partial charge in [-0.25, -0.2) is 4.98 Å². The van der Waals surface area contributed by atoms with Gasteiger partial charge in [-0.3, -0.25) is 4.79 Å². The fourth-order valence-electron chi connectivity index (χ4n) is 1.20. The molecular formula is C12H18N2O3. The van der Waals surface area contributed by atoms with Crippen LogP contribution in [0.15, 0.2) is 18.3 Å². The van der Waals surface area contributed by atoms with Gasteiger partial charge in [0.1, 0.15) is 6.54 Å². The first kappa shape index (κ1) is 13.3. The average Bonchev–Trinajstić information content (AvgIpc) is 2.28. The molecule has 5 heteroatoms. The molecule has 94 valence electrons. The lowest BCUT2D eigenvalue weighted by Crippen LogP contribution is -2.20. The molecule has 0 bridgehead atoms. The summed E-state index contributed by atoms with van der Waals surface area (Å²) >= 11 is 0. The van der Waals surface area contributed by atoms with Gasteiger partial charge >= 0.3 is 5.97 Å². The Morgan fingerprint density at radius 2 is 2.24 bits per heavy atom. The van der Waals surface area contributed by atoms with Crippen molar-refractivity contribution in [1.29, 1.82) is 0 Å². The van der Waals surface area contributed by atoms with Gasteiger partial charge in [0, 0.05) is 6.07 Å². The molecule has 0 aliphatic heterocycles. The zero-order chi connectivity index (χ0) is 12.7. The van der Waals surface area contributed by atoms with Crippen LogP contribution in [0.4, 0.5) is 5.69 Å². The van der Waals surface area contributed by atoms with E-state index in [9.17, 15) is 4.79 Å². The van der Waals surface area contributed by atoms with Gasteiger partial charge in [-0.15, -0.1) is 0 Å². The Hall–Kier alpha value is -1.78. The lowest BCUT2D eigenvalue weighted by molar-refractivity contribution is -0.145. The quantitative estimate of drug-likeness (QED) is 0.766. The Balaban J connectivity index is 2.39. The fourth-order valence-corrected chi connectivity index (χ4v) is 1.20. The first-order valence-corrected chi connectivity index (χ1v) is 5.64. The number of anilines is 1. The Kier molecular flexibility index (Phi) is 5.26. The lowest BCUT2D eigenvalue weighted by atomic mass is 10.4. The van der Waals surface area contributed by atoms with Gasteiger partial charge in [0.15, 0.2) is 0 Å². The average molecular weight is 238 g/mol. The first-order chi connectivity index (χ1) is 8.11. The van der Waals surface area contributed by atoms with Crippen molar-refractivity contribution < 1.29 is 14.3 Å². The van der Waals surface area contributed by atoms with E-state index in [-0.39, 0.29) is 18.6 Å². The van der Waals surface area contributed by atoms with Crippen LogP contribution in [0.3, 0.4) is 0 Å². The SMILES string of the molecule is CCOc1ccc(NCC(=O)OC(C)C)cn1. The Morgan fingerprint density at radius 3 is 2.76 bits per heavy atom. The van der Waals surface area contributed by atoms with Crippen LogP contribution in [-0.4, -0.2) is 30.2 Å². The molecule has 1 N–H and O–H groups in total. The molecule has 0 saturated heterocycles. The molecular weight excluding hydrogens is 220 g/mol. The van der Waals surface area contributed by atoms with Crippen molar-refractivity contribution in [3.8, 4) is 5.88 Å². The first-order valence-electron chi connectivity index (χ1n) is 5.64. The van der Waals surface area contributed by atoms with E-state index in [1.807, 2.05) is 20.8 Å². The van der Waals surface area contributed by atoms with Crippen molar-refractivity contribution in [2.45, 2.75) is 26.9 Å². The third kappa shape index (κ3) is 5.19. The maximum Gasteiger partial charge on any atom is 0.325 e. The van der Waals surface area contributed by atoms with E-state index in [1.165, 1.54) is 0 Å². The Morgan fingerprint density at radius 1 is 1.47 bits per heavy atom. The summed E-state index contributed by atoms with van der Waals surface area (Å²) in [6.07, 6.45) is 1.52. The Labute approximate surface area is 101 Å². The highest BCUT2D eigenvalue weighted by Gasteiger charge is 2.05. The van der Waals surface area contributed by atoms with E-state index in [1.54, 1.807) is 18.3 Å². The van der Waals surface area contributed by atoms with E-state index in [4.69, 9.17) is 9.47 Å². The number of esters is 1. The van der Waals surface area contributed by atoms with Crippen molar-refractivity contribution in [3.05, 3.63) is 18.3 Å². The fraction of sp³-hybridized carbons (Fsp3) is 0.500. The number of rotatable bonds is 6. The van der Waals surface area contributed by atoms with Crippen molar-refractivity contribution in [1.82, 2.24) is 4.98 Å². The zero-order valence-corrected chi connectivity index (χ0v) is 10.4. The van der Waals surface area contributed by atoms with Crippen LogP contribution in [0, 0.1) is 0 Å². The van der Waals surface area contributed by atoms with Crippen LogP contribution >= 0.6 is 0 Å². The number of hydrogen-bond donors (Lipinski definition) is 1. The summed E-state index contributed by atoms with van der Waals surface area (Å²) in [5.41, 5.74) is 0.758. The highest BCUT2D eigenvalue weighted by Crippen LogP contribution is 2.11. The number of hydrogen-bond acceptors (Lipinski definition) is 5. The number of aromatic nitrogens is 1. The second kappa shape index (κ2) is 6.73. The summed E-state index contributed by atoms with van der Waals surface area (Å²) in [6.45, 7) is 6.25. The molecule has 0 fully saturated rings. The predicted molar refractivity (Wildman–Crippen MR) is 65.1 cm³/mol. The van der Waals surface area contributed by atoms with Crippen molar-refractivity contribution in [2.75, 3.05) is 18.5 Å². The molecule has 0 atom stereocenters. The zero-order valence-electron chi connectivity index (χ0n) is 10.4. The monoisotopic (exact) mass is 238 g/mol. The van der Waals surface area contributed by atoms with Crippen LogP contribution in [0.25, 0.3) is 0 Å². The molecule has 1 rings (SSSR count). The minimum absolute atomic E-state index is 0.0947. The van der Waals surface area contributed by atoms with Gasteiger partial charge in [-0.2, -0.15) is 0 Å². The van der Waals surface area contributed by atoms with E-state index in [0.717, 1.165) is 5.69 Å². The third-order valence-electron chi connectivity index (χ3n) is 1.83. The van der Waals surface area contributed by atoms with E-state index in [0.29, 0.717) is 12.5 Å². The van der Waals surface area contributed by atoms with Gasteiger partial charge < -0.3 is 14.8 Å². The highest BCUT2D eigenvalue weighted by atomic mass is 16.5. The van der Waals surface area contributed by atoms with Crippen LogP contribution in [0.2, 0.25) is 0 Å². The van der Waals surface area contributed by atoms with Crippen LogP contribution < -0.4 is 10.1 Å². The number of ether oxygens (including phenoxy) is 2. The second-order valence-electron chi connectivity index (χ2n) is 3.71. The topological polar surface area (TPSA) is 60.5 Å². The molecule has 1 aromatic rings. The van der Waals surface area contributed by atoms with Gasteiger partial charge in [0.05, 0.1) is 24.6 Å². The van der Waals surface area contributed by atoms with Gasteiger partial charge in [0.2, 0.25) is 5.88 Å². The molecule has 0 saturated carbocycles. The van der Waals surface area contributed by atoms with Gasteiger partial charge in [-0.1, -0.05) is 0 Å². The predicted octanol–water partition coefficient (Wildman–Crippen LogP) is 1.84. The Bertz CT molecular complexity index is 349. The molecule has 1 aromatic heterocycles. The maximum atomic E-state index is 11.3. The third-order valence-corrected chi connectivity index (χ3v) is 1.83. The van der Waals surface area contributed by atoms with E-state index >= 15 is 0 Å². The van der Waals surface area contributed by atoms with Crippen LogP contribution in [-0.2, 0) is 9.53 Å². The maximum absolute atomic E-state index is 11.3. The number of nitrogens with one attached hydrogen (secondary N) is 1. The summed E-state index contributed by atoms with van der Waals surface area (Å²) in [5.74, 6) is 0.289. The van der Waals surface area contributed by atoms with E-state index in [2.05, 4.69) is 10.3 Å². The number of pyridine rings is 1. The minimum atomic E-state index is -0.283. The molecule has 1 heterocycles. The van der Waals surface area contributed by atoms with Crippen LogP contribution in [0.5, 0.6) is 5.88 Å². The smallest absolute Gasteiger partial charge is 0.325 e. The molecule has 17 heavy (non-hydrogen) atoms. The summed E-state index contributed by atoms with van der Waals surface area (Å²) in [7, 11) is 0. The highest BCUT2D eigenvalue weighted by molar-refractivity contribution is 5.75. The number of carbonyl (C=O) groups is 1. The largest absolute Gasteiger partial charge is 0.478 e. The van der Waals surface area contributed by atoms with Crippen molar-refractivity contribution in [2.24, 2.45) is 0 Å². The summed E-state index contributed by atoms with van der Waals surface area (Å²) in [6, 6.07) is 3.56. The summed E-state index contributed by atoms with van der Waals surface area (Å²) in [4.78, 5) is 15.3. The lowest BCUT2D eigenvalue weighted by Gasteiger charge is -2.09. The number of carbonyl (C=O) groups excluding carboxylic acids is 1. The molecule has 5 nitrogen and oxygen atoms in total. The van der Waals surface area contributed by atoms with Gasteiger partial charge in [-0.05, 0) is 26.8 Å². The minimum Gasteiger partial charge on any atom is -0.478 e. The standard InChI is InChI=1S/C12H18N2O3/c1-4-16-11-6-5-10(7-14-11)13-8-12(15)17-9(2)3/h5-7,9,13H,4,8H2,1-3H3. The van der Waals surface area contributed by atoms with Crippen molar-refractivity contribution >= 4 is 11.7 Å². The van der Waals surface area contributed by atoms with E-state index < -0.39 is 0 Å². The molecule has 0 amide bonds. The normalized spacial score (nSPS) is 10.1. The number of nitrogens with zero attached hydrogens (tertiary/aromatic N) is 1. The van der Waals surface area contributed by atoms with Gasteiger partial charge in [0.25, 0.3) is 0 Å². The summed E-state index contributed by atoms with van der Waals surface area (Å²) < 4.78 is 10.2. The van der Waals surface area contributed by atoms with Crippen LogP contribution in [0.1, 0.15) is 20.8 Å². The molecule has 0 unspecified atom stereocenters. The molecule has 0 radical (unpaired) electrons.